The molecular formula is C14H20O9. The van der Waals surface area contributed by atoms with Crippen LogP contribution in [0.2, 0.25) is 0 Å². The predicted octanol–water partition coefficient (Wildman–Crippen LogP) is -0.101. The first-order valence-corrected chi connectivity index (χ1v) is 7.22. The Balaban J connectivity index is 2.12. The Morgan fingerprint density at radius 1 is 0.870 bits per heavy atom. The third-order valence-corrected chi connectivity index (χ3v) is 3.25. The Bertz CT molecular complexity index is 477. The molecule has 9 heteroatoms. The molecule has 0 aromatic rings. The molecule has 0 amide bonds. The van der Waals surface area contributed by atoms with Crippen LogP contribution in [0, 0.1) is 0 Å². The lowest BCUT2D eigenvalue weighted by Gasteiger charge is -2.22. The second-order valence-corrected chi connectivity index (χ2v) is 5.34. The number of ether oxygens (including phenoxy) is 6. The molecule has 2 saturated heterocycles. The summed E-state index contributed by atoms with van der Waals surface area (Å²) in [5.41, 5.74) is 0. The number of hydrogen-bond donors (Lipinski definition) is 0. The van der Waals surface area contributed by atoms with Crippen LogP contribution in [-0.4, -0.2) is 61.5 Å². The van der Waals surface area contributed by atoms with Gasteiger partial charge in [0, 0.05) is 20.8 Å². The molecule has 0 aromatic heterocycles. The Morgan fingerprint density at radius 2 is 1.48 bits per heavy atom. The summed E-state index contributed by atoms with van der Waals surface area (Å²) in [6, 6.07) is 0. The van der Waals surface area contributed by atoms with Gasteiger partial charge in [0.05, 0.1) is 0 Å². The van der Waals surface area contributed by atoms with Crippen molar-refractivity contribution in [3.63, 3.8) is 0 Å². The molecular weight excluding hydrogens is 312 g/mol. The zero-order valence-corrected chi connectivity index (χ0v) is 13.3. The van der Waals surface area contributed by atoms with Crippen molar-refractivity contribution in [1.82, 2.24) is 0 Å². The quantitative estimate of drug-likeness (QED) is 0.374. The number of epoxide rings is 1. The molecule has 0 radical (unpaired) electrons. The maximum absolute atomic E-state index is 11.3. The van der Waals surface area contributed by atoms with E-state index in [2.05, 4.69) is 0 Å². The van der Waals surface area contributed by atoms with Crippen LogP contribution in [0.15, 0.2) is 0 Å². The number of carbonyl (C=O) groups is 3. The highest BCUT2D eigenvalue weighted by Crippen LogP contribution is 2.33. The first kappa shape index (κ1) is 17.6. The minimum Gasteiger partial charge on any atom is -0.463 e. The van der Waals surface area contributed by atoms with Crippen molar-refractivity contribution in [3.05, 3.63) is 0 Å². The zero-order chi connectivity index (χ0) is 17.1. The number of carbonyl (C=O) groups excluding carboxylic acids is 3. The zero-order valence-electron chi connectivity index (χ0n) is 13.3. The van der Waals surface area contributed by atoms with Crippen molar-refractivity contribution in [2.24, 2.45) is 0 Å². The van der Waals surface area contributed by atoms with Crippen molar-refractivity contribution in [2.75, 3.05) is 6.61 Å². The fourth-order valence-electron chi connectivity index (χ4n) is 2.23. The van der Waals surface area contributed by atoms with Crippen molar-refractivity contribution >= 4 is 17.9 Å². The largest absolute Gasteiger partial charge is 0.463 e. The van der Waals surface area contributed by atoms with Crippen LogP contribution in [0.25, 0.3) is 0 Å². The van der Waals surface area contributed by atoms with E-state index in [0.29, 0.717) is 0 Å². The minimum absolute atomic E-state index is 0.102. The molecule has 23 heavy (non-hydrogen) atoms. The van der Waals surface area contributed by atoms with Gasteiger partial charge in [-0.25, -0.2) is 0 Å². The smallest absolute Gasteiger partial charge is 0.305 e. The second kappa shape index (κ2) is 7.24. The molecule has 2 rings (SSSR count). The second-order valence-electron chi connectivity index (χ2n) is 5.34. The van der Waals surface area contributed by atoms with E-state index in [1.54, 1.807) is 0 Å². The molecule has 0 spiro atoms. The normalized spacial score (nSPS) is 35.5. The third kappa shape index (κ3) is 4.88. The standard InChI is InChI=1S/C14H20O9/c1-6-13(19-6)23-11-10(5-18-7(2)15)22-14(21-9(4)17)12(11)20-8(3)16/h6,10-14H,5H2,1-4H3/t6?,10-,11-,12-,13?,14-/m1/s1. The number of esters is 3. The lowest BCUT2D eigenvalue weighted by Crippen LogP contribution is -2.42. The highest BCUT2D eigenvalue weighted by atomic mass is 16.8. The molecule has 0 aromatic carbocycles. The van der Waals surface area contributed by atoms with Crippen LogP contribution >= 0.6 is 0 Å². The molecule has 2 unspecified atom stereocenters. The summed E-state index contributed by atoms with van der Waals surface area (Å²) >= 11 is 0. The summed E-state index contributed by atoms with van der Waals surface area (Å²) in [6.07, 6.45) is -4.25. The minimum atomic E-state index is -1.14. The van der Waals surface area contributed by atoms with Crippen LogP contribution in [0.1, 0.15) is 27.7 Å². The molecule has 2 aliphatic heterocycles. The first-order chi connectivity index (χ1) is 10.8. The topological polar surface area (TPSA) is 110 Å². The van der Waals surface area contributed by atoms with E-state index in [0.717, 1.165) is 0 Å². The van der Waals surface area contributed by atoms with E-state index in [-0.39, 0.29) is 12.7 Å². The highest BCUT2D eigenvalue weighted by Gasteiger charge is 2.53. The van der Waals surface area contributed by atoms with E-state index in [1.165, 1.54) is 20.8 Å². The van der Waals surface area contributed by atoms with Crippen LogP contribution in [0.3, 0.4) is 0 Å². The highest BCUT2D eigenvalue weighted by molar-refractivity contribution is 5.67. The van der Waals surface area contributed by atoms with Crippen LogP contribution in [0.5, 0.6) is 0 Å². The molecule has 2 heterocycles. The van der Waals surface area contributed by atoms with Crippen molar-refractivity contribution in [2.45, 2.75) is 64.7 Å². The van der Waals surface area contributed by atoms with Crippen LogP contribution in [0.4, 0.5) is 0 Å². The van der Waals surface area contributed by atoms with Crippen LogP contribution in [-0.2, 0) is 42.8 Å². The first-order valence-electron chi connectivity index (χ1n) is 7.22. The number of rotatable bonds is 6. The summed E-state index contributed by atoms with van der Waals surface area (Å²) < 4.78 is 31.5. The van der Waals surface area contributed by atoms with Gasteiger partial charge in [0.1, 0.15) is 24.9 Å². The van der Waals surface area contributed by atoms with Gasteiger partial charge in [-0.15, -0.1) is 0 Å². The molecule has 6 atom stereocenters. The van der Waals surface area contributed by atoms with E-state index >= 15 is 0 Å². The molecule has 130 valence electrons. The van der Waals surface area contributed by atoms with Gasteiger partial charge in [-0.05, 0) is 6.92 Å². The van der Waals surface area contributed by atoms with E-state index < -0.39 is 48.8 Å². The fourth-order valence-corrected chi connectivity index (χ4v) is 2.23. The van der Waals surface area contributed by atoms with E-state index in [9.17, 15) is 14.4 Å². The molecule has 0 bridgehead atoms. The lowest BCUT2D eigenvalue weighted by atomic mass is 10.1. The Morgan fingerprint density at radius 3 is 1.96 bits per heavy atom. The maximum Gasteiger partial charge on any atom is 0.305 e. The van der Waals surface area contributed by atoms with Gasteiger partial charge in [-0.2, -0.15) is 0 Å². The molecule has 2 aliphatic rings. The molecule has 9 nitrogen and oxygen atoms in total. The van der Waals surface area contributed by atoms with Gasteiger partial charge < -0.3 is 28.4 Å². The van der Waals surface area contributed by atoms with Gasteiger partial charge >= 0.3 is 17.9 Å². The number of hydrogen-bond acceptors (Lipinski definition) is 9. The summed E-state index contributed by atoms with van der Waals surface area (Å²) in [7, 11) is 0. The van der Waals surface area contributed by atoms with Crippen molar-refractivity contribution in [1.29, 1.82) is 0 Å². The van der Waals surface area contributed by atoms with Gasteiger partial charge in [-0.3, -0.25) is 14.4 Å². The summed E-state index contributed by atoms with van der Waals surface area (Å²) in [4.78, 5) is 33.5. The summed E-state index contributed by atoms with van der Waals surface area (Å²) in [5.74, 6) is -1.68. The van der Waals surface area contributed by atoms with E-state index in [1.807, 2.05) is 6.92 Å². The Labute approximate surface area is 133 Å². The van der Waals surface area contributed by atoms with Gasteiger partial charge in [0.25, 0.3) is 0 Å². The molecule has 2 fully saturated rings. The maximum atomic E-state index is 11.3. The average Bonchev–Trinajstić information content (AvgIpc) is 3.03. The fraction of sp³-hybridized carbons (Fsp3) is 0.786. The predicted molar refractivity (Wildman–Crippen MR) is 71.8 cm³/mol. The van der Waals surface area contributed by atoms with Crippen molar-refractivity contribution in [3.8, 4) is 0 Å². The monoisotopic (exact) mass is 332 g/mol. The van der Waals surface area contributed by atoms with E-state index in [4.69, 9.17) is 28.4 Å². The Hall–Kier alpha value is -1.71. The third-order valence-electron chi connectivity index (χ3n) is 3.25. The summed E-state index contributed by atoms with van der Waals surface area (Å²) in [5, 5.41) is 0. The lowest BCUT2D eigenvalue weighted by molar-refractivity contribution is -0.197. The van der Waals surface area contributed by atoms with Crippen LogP contribution < -0.4 is 0 Å². The SMILES string of the molecule is CC(=O)OC[C@H]1O[C@@H](OC(C)=O)[C@H](OC(C)=O)[C@@H]1OC1OC1C. The summed E-state index contributed by atoms with van der Waals surface area (Å²) in [6.45, 7) is 5.36. The van der Waals surface area contributed by atoms with Crippen molar-refractivity contribution < 1.29 is 42.8 Å². The molecule has 0 N–H and O–H groups in total. The van der Waals surface area contributed by atoms with Gasteiger partial charge in [0.15, 0.2) is 12.4 Å². The molecule has 0 saturated carbocycles. The average molecular weight is 332 g/mol. The Kier molecular flexibility index (Phi) is 5.55. The van der Waals surface area contributed by atoms with Gasteiger partial charge in [-0.1, -0.05) is 0 Å². The van der Waals surface area contributed by atoms with Gasteiger partial charge in [0.2, 0.25) is 6.29 Å². The molecule has 0 aliphatic carbocycles.